The minimum atomic E-state index is -4.72. The van der Waals surface area contributed by atoms with Gasteiger partial charge in [-0.1, -0.05) is 6.07 Å². The van der Waals surface area contributed by atoms with Gasteiger partial charge in [-0.2, -0.15) is 13.2 Å². The number of sulfonamides is 1. The molecule has 0 fully saturated rings. The van der Waals surface area contributed by atoms with Gasteiger partial charge >= 0.3 is 6.18 Å². The second-order valence-corrected chi connectivity index (χ2v) is 11.1. The van der Waals surface area contributed by atoms with Crippen LogP contribution in [0.15, 0.2) is 85.7 Å². The quantitative estimate of drug-likeness (QED) is 0.245. The molecule has 1 N–H and O–H groups in total. The Hall–Kier alpha value is -4.78. The van der Waals surface area contributed by atoms with Crippen molar-refractivity contribution in [3.63, 3.8) is 0 Å². The second-order valence-electron chi connectivity index (χ2n) is 9.32. The van der Waals surface area contributed by atoms with Crippen LogP contribution in [0.5, 0.6) is 0 Å². The first-order valence-electron chi connectivity index (χ1n) is 12.2. The van der Waals surface area contributed by atoms with Gasteiger partial charge in [0.05, 0.1) is 40.9 Å². The van der Waals surface area contributed by atoms with E-state index >= 15 is 0 Å². The van der Waals surface area contributed by atoms with Gasteiger partial charge in [0.25, 0.3) is 0 Å². The number of nitrogens with one attached hydrogen (secondary N) is 1. The third-order valence-corrected chi connectivity index (χ3v) is 7.21. The van der Waals surface area contributed by atoms with E-state index in [1.807, 2.05) is 6.07 Å². The minimum Gasteiger partial charge on any atom is -0.324 e. The van der Waals surface area contributed by atoms with E-state index in [4.69, 9.17) is 0 Å². The molecule has 41 heavy (non-hydrogen) atoms. The van der Waals surface area contributed by atoms with Gasteiger partial charge < -0.3 is 9.88 Å². The topological polar surface area (TPSA) is 106 Å². The second kappa shape index (κ2) is 10.7. The molecule has 0 saturated heterocycles. The number of hydrogen-bond acceptors (Lipinski definition) is 7. The minimum absolute atomic E-state index is 0.107. The zero-order valence-electron chi connectivity index (χ0n) is 22.1. The smallest absolute Gasteiger partial charge is 0.324 e. The molecule has 3 aromatic heterocycles. The molecule has 0 aliphatic rings. The molecular weight excluding hydrogens is 555 g/mol. The molecule has 2 aromatic carbocycles. The van der Waals surface area contributed by atoms with Crippen molar-refractivity contribution in [2.75, 3.05) is 15.9 Å². The number of aromatic nitrogens is 5. The molecule has 210 valence electrons. The summed E-state index contributed by atoms with van der Waals surface area (Å²) >= 11 is 0. The average molecular weight is 580 g/mol. The standard InChI is InChI=1S/C28H24F3N7O2S/c1-18-6-7-22(14-26(18)36-27-33-10-8-25(35-27)20-5-4-9-32-15-20)38(41(3,39)40)24-12-21(28(29,30)31)11-23(13-24)37-16-19(2)34-17-37/h4-17H,1-3H3,(H,33,35,36). The van der Waals surface area contributed by atoms with Gasteiger partial charge in [0, 0.05) is 41.7 Å². The van der Waals surface area contributed by atoms with Gasteiger partial charge in [-0.25, -0.2) is 27.7 Å². The molecule has 0 bridgehead atoms. The Labute approximate surface area is 234 Å². The van der Waals surface area contributed by atoms with Crippen molar-refractivity contribution < 1.29 is 21.6 Å². The normalized spacial score (nSPS) is 11.9. The van der Waals surface area contributed by atoms with E-state index in [9.17, 15) is 21.6 Å². The number of imidazole rings is 1. The van der Waals surface area contributed by atoms with Gasteiger partial charge in [-0.3, -0.25) is 4.98 Å². The zero-order valence-corrected chi connectivity index (χ0v) is 22.9. The lowest BCUT2D eigenvalue weighted by atomic mass is 10.1. The summed E-state index contributed by atoms with van der Waals surface area (Å²) in [6, 6.07) is 13.2. The molecule has 13 heteroatoms. The van der Waals surface area contributed by atoms with Crippen molar-refractivity contribution in [1.82, 2.24) is 24.5 Å². The molecule has 5 rings (SSSR count). The fourth-order valence-corrected chi connectivity index (χ4v) is 5.19. The number of benzene rings is 2. The van der Waals surface area contributed by atoms with Gasteiger partial charge in [0.15, 0.2) is 0 Å². The van der Waals surface area contributed by atoms with E-state index < -0.39 is 21.8 Å². The molecule has 5 aromatic rings. The first-order valence-corrected chi connectivity index (χ1v) is 14.1. The Bertz CT molecular complexity index is 1820. The van der Waals surface area contributed by atoms with E-state index in [-0.39, 0.29) is 23.0 Å². The van der Waals surface area contributed by atoms with E-state index in [0.29, 0.717) is 17.1 Å². The highest BCUT2D eigenvalue weighted by Gasteiger charge is 2.33. The Morgan fingerprint density at radius 2 is 1.76 bits per heavy atom. The maximum atomic E-state index is 13.9. The van der Waals surface area contributed by atoms with Crippen LogP contribution in [0.1, 0.15) is 16.8 Å². The van der Waals surface area contributed by atoms with Crippen molar-refractivity contribution in [2.45, 2.75) is 20.0 Å². The van der Waals surface area contributed by atoms with E-state index in [2.05, 4.69) is 25.3 Å². The van der Waals surface area contributed by atoms with Gasteiger partial charge in [-0.15, -0.1) is 0 Å². The van der Waals surface area contributed by atoms with Crippen LogP contribution >= 0.6 is 0 Å². The summed E-state index contributed by atoms with van der Waals surface area (Å²) in [6.45, 7) is 3.50. The highest BCUT2D eigenvalue weighted by atomic mass is 32.2. The summed E-state index contributed by atoms with van der Waals surface area (Å²) in [5.74, 6) is 0.245. The summed E-state index contributed by atoms with van der Waals surface area (Å²) in [6.07, 6.45) is 4.01. The van der Waals surface area contributed by atoms with Crippen LogP contribution in [-0.4, -0.2) is 39.2 Å². The first-order chi connectivity index (χ1) is 19.4. The molecule has 0 aliphatic heterocycles. The Morgan fingerprint density at radius 1 is 0.951 bits per heavy atom. The van der Waals surface area contributed by atoms with Crippen LogP contribution in [0.4, 0.5) is 36.2 Å². The van der Waals surface area contributed by atoms with Crippen LogP contribution < -0.4 is 9.62 Å². The zero-order chi connectivity index (χ0) is 29.4. The maximum Gasteiger partial charge on any atom is 0.416 e. The predicted octanol–water partition coefficient (Wildman–Crippen LogP) is 6.20. The third kappa shape index (κ3) is 6.19. The maximum absolute atomic E-state index is 13.9. The monoisotopic (exact) mass is 579 g/mol. The summed E-state index contributed by atoms with van der Waals surface area (Å²) in [7, 11) is -4.10. The number of rotatable bonds is 7. The molecule has 9 nitrogen and oxygen atoms in total. The Balaban J connectivity index is 1.59. The largest absolute Gasteiger partial charge is 0.416 e. The van der Waals surface area contributed by atoms with Crippen molar-refractivity contribution in [1.29, 1.82) is 0 Å². The van der Waals surface area contributed by atoms with Gasteiger partial charge in [-0.05, 0) is 67.9 Å². The highest BCUT2D eigenvalue weighted by molar-refractivity contribution is 7.92. The third-order valence-electron chi connectivity index (χ3n) is 6.12. The molecule has 0 amide bonds. The average Bonchev–Trinajstić information content (AvgIpc) is 3.36. The number of nitrogens with zero attached hydrogens (tertiary/aromatic N) is 6. The fourth-order valence-electron chi connectivity index (χ4n) is 4.21. The van der Waals surface area contributed by atoms with Crippen molar-refractivity contribution >= 4 is 33.0 Å². The summed E-state index contributed by atoms with van der Waals surface area (Å²) in [5.41, 5.74) is 2.23. The predicted molar refractivity (Wildman–Crippen MR) is 150 cm³/mol. The summed E-state index contributed by atoms with van der Waals surface area (Å²) < 4.78 is 70.2. The summed E-state index contributed by atoms with van der Waals surface area (Å²) in [4.78, 5) is 17.0. The number of hydrogen-bond donors (Lipinski definition) is 1. The fraction of sp³-hybridized carbons (Fsp3) is 0.143. The Kier molecular flexibility index (Phi) is 7.22. The lowest BCUT2D eigenvalue weighted by Gasteiger charge is -2.25. The Morgan fingerprint density at radius 3 is 2.41 bits per heavy atom. The number of halogens is 3. The van der Waals surface area contributed by atoms with Gasteiger partial charge in [0.1, 0.15) is 0 Å². The molecule has 0 spiro atoms. The van der Waals surface area contributed by atoms with Crippen LogP contribution in [-0.2, 0) is 16.2 Å². The van der Waals surface area contributed by atoms with E-state index in [0.717, 1.165) is 33.8 Å². The van der Waals surface area contributed by atoms with Crippen LogP contribution in [0.2, 0.25) is 0 Å². The SMILES string of the molecule is Cc1cn(-c2cc(N(c3ccc(C)c(Nc4nccc(-c5cccnc5)n4)c3)S(C)(=O)=O)cc(C(F)(F)F)c2)cn1. The molecule has 0 atom stereocenters. The first kappa shape index (κ1) is 27.8. The molecule has 0 radical (unpaired) electrons. The summed E-state index contributed by atoms with van der Waals surface area (Å²) in [5, 5.41) is 3.10. The molecule has 0 aliphatic carbocycles. The number of pyridine rings is 1. The lowest BCUT2D eigenvalue weighted by Crippen LogP contribution is -2.25. The van der Waals surface area contributed by atoms with Crippen molar-refractivity contribution in [3.05, 3.63) is 103 Å². The lowest BCUT2D eigenvalue weighted by molar-refractivity contribution is -0.137. The van der Waals surface area contributed by atoms with Gasteiger partial charge in [0.2, 0.25) is 16.0 Å². The van der Waals surface area contributed by atoms with Crippen LogP contribution in [0.3, 0.4) is 0 Å². The molecule has 0 unspecified atom stereocenters. The van der Waals surface area contributed by atoms with Crippen LogP contribution in [0, 0.1) is 13.8 Å². The van der Waals surface area contributed by atoms with Crippen LogP contribution in [0.25, 0.3) is 16.9 Å². The van der Waals surface area contributed by atoms with E-state index in [1.54, 1.807) is 56.8 Å². The number of anilines is 4. The van der Waals surface area contributed by atoms with Crippen molar-refractivity contribution in [2.24, 2.45) is 0 Å². The number of alkyl halides is 3. The van der Waals surface area contributed by atoms with E-state index in [1.165, 1.54) is 29.1 Å². The van der Waals surface area contributed by atoms with Crippen molar-refractivity contribution in [3.8, 4) is 16.9 Å². The highest BCUT2D eigenvalue weighted by Crippen LogP contribution is 2.38. The number of aryl methyl sites for hydroxylation is 2. The molecule has 3 heterocycles. The molecule has 0 saturated carbocycles. The molecular formula is C28H24F3N7O2S.